The maximum absolute atomic E-state index is 12.0. The Balaban J connectivity index is 1.58. The predicted octanol–water partition coefficient (Wildman–Crippen LogP) is 2.05. The number of amides is 1. The lowest BCUT2D eigenvalue weighted by Crippen LogP contribution is -2.30. The normalized spacial score (nSPS) is 12.8. The predicted molar refractivity (Wildman–Crippen MR) is 137 cm³/mol. The number of carbonyl (C=O) groups excluding carboxylic acids is 1. The molecule has 0 spiro atoms. The second-order valence-corrected chi connectivity index (χ2v) is 9.64. The Kier molecular flexibility index (Phi) is 5.72. The summed E-state index contributed by atoms with van der Waals surface area (Å²) in [6.45, 7) is 3.32. The molecule has 4 aromatic rings. The Hall–Kier alpha value is -3.47. The van der Waals surface area contributed by atoms with Gasteiger partial charge in [-0.15, -0.1) is 11.3 Å². The molecule has 34 heavy (non-hydrogen) atoms. The minimum atomic E-state index is -1.51. The number of thiophene rings is 1. The highest BCUT2D eigenvalue weighted by atomic mass is 32.1. The minimum Gasteiger partial charge on any atom is -0.423 e. The van der Waals surface area contributed by atoms with Crippen LogP contribution in [0.2, 0.25) is 0 Å². The Morgan fingerprint density at radius 1 is 1.24 bits per heavy atom. The van der Waals surface area contributed by atoms with Crippen molar-refractivity contribution in [3.8, 4) is 11.4 Å². The number of nitrogens with zero attached hydrogens (tertiary/aromatic N) is 3. The van der Waals surface area contributed by atoms with E-state index >= 15 is 0 Å². The number of primary amides is 1. The van der Waals surface area contributed by atoms with Gasteiger partial charge in [0.05, 0.1) is 11.3 Å². The van der Waals surface area contributed by atoms with Gasteiger partial charge in [0.15, 0.2) is 11.6 Å². The number of aromatic nitrogens is 2. The fourth-order valence-corrected chi connectivity index (χ4v) is 5.62. The van der Waals surface area contributed by atoms with Crippen LogP contribution >= 0.6 is 11.3 Å². The third kappa shape index (κ3) is 3.89. The number of hydrogen-bond donors (Lipinski definition) is 4. The zero-order valence-corrected chi connectivity index (χ0v) is 19.7. The molecule has 1 aliphatic rings. The van der Waals surface area contributed by atoms with Crippen molar-refractivity contribution >= 4 is 51.4 Å². The summed E-state index contributed by atoms with van der Waals surface area (Å²) in [6, 6.07) is 12.7. The Bertz CT molecular complexity index is 1420. The van der Waals surface area contributed by atoms with Crippen LogP contribution in [0, 0.1) is 6.92 Å². The maximum atomic E-state index is 12.0. The first-order valence-electron chi connectivity index (χ1n) is 11.0. The van der Waals surface area contributed by atoms with Crippen molar-refractivity contribution in [2.45, 2.75) is 19.9 Å². The Morgan fingerprint density at radius 2 is 2.03 bits per heavy atom. The number of likely N-dealkylation sites (N-methyl/N-ethyl adjacent to an activating group) is 1. The van der Waals surface area contributed by atoms with E-state index < -0.39 is 13.0 Å². The van der Waals surface area contributed by atoms with Gasteiger partial charge < -0.3 is 26.0 Å². The van der Waals surface area contributed by atoms with E-state index in [2.05, 4.69) is 10.2 Å². The van der Waals surface area contributed by atoms with Crippen LogP contribution in [0.4, 0.5) is 11.5 Å². The molecule has 2 aromatic heterocycles. The average molecular weight is 473 g/mol. The Labute approximate surface area is 201 Å². The number of aryl methyl sites for hydroxylation is 1. The monoisotopic (exact) mass is 473 g/mol. The summed E-state index contributed by atoms with van der Waals surface area (Å²) in [5.74, 6) is 0.883. The number of nitrogens with one attached hydrogen (secondary N) is 1. The quantitative estimate of drug-likeness (QED) is 0.316. The summed E-state index contributed by atoms with van der Waals surface area (Å²) >= 11 is 1.52. The van der Waals surface area contributed by atoms with Crippen LogP contribution in [-0.2, 0) is 13.0 Å². The van der Waals surface area contributed by atoms with Gasteiger partial charge in [-0.2, -0.15) is 0 Å². The summed E-state index contributed by atoms with van der Waals surface area (Å²) in [5.41, 5.74) is 10.3. The molecule has 172 valence electrons. The number of hydrogen-bond acceptors (Lipinski definition) is 8. The highest BCUT2D eigenvalue weighted by molar-refractivity contribution is 7.20. The van der Waals surface area contributed by atoms with Crippen molar-refractivity contribution in [1.29, 1.82) is 0 Å². The molecule has 10 heteroatoms. The second-order valence-electron chi connectivity index (χ2n) is 8.41. The lowest BCUT2D eigenvalue weighted by atomic mass is 9.80. The molecule has 0 unspecified atom stereocenters. The maximum Gasteiger partial charge on any atom is 0.488 e. The van der Waals surface area contributed by atoms with Gasteiger partial charge in [0.2, 0.25) is 5.91 Å². The molecule has 0 aliphatic carbocycles. The fraction of sp³-hybridized carbons (Fsp3) is 0.208. The average Bonchev–Trinajstić information content (AvgIpc) is 3.36. The van der Waals surface area contributed by atoms with Crippen LogP contribution < -0.4 is 21.4 Å². The molecule has 3 heterocycles. The molecule has 8 nitrogen and oxygen atoms in total. The van der Waals surface area contributed by atoms with Gasteiger partial charge in [-0.3, -0.25) is 4.79 Å². The van der Waals surface area contributed by atoms with E-state index in [9.17, 15) is 14.8 Å². The number of fused-ring (bicyclic) bond motifs is 2. The fourth-order valence-electron chi connectivity index (χ4n) is 4.46. The van der Waals surface area contributed by atoms with Gasteiger partial charge in [-0.1, -0.05) is 36.4 Å². The number of carbonyl (C=O) groups is 1. The summed E-state index contributed by atoms with van der Waals surface area (Å²) < 4.78 is 0.845. The molecule has 0 atom stereocenters. The van der Waals surface area contributed by atoms with E-state index in [1.54, 1.807) is 24.3 Å². The zero-order valence-electron chi connectivity index (χ0n) is 18.9. The van der Waals surface area contributed by atoms with Crippen molar-refractivity contribution in [3.05, 3.63) is 64.2 Å². The largest absolute Gasteiger partial charge is 0.488 e. The summed E-state index contributed by atoms with van der Waals surface area (Å²) in [5, 5.41) is 23.3. The summed E-state index contributed by atoms with van der Waals surface area (Å²) in [6.07, 6.45) is 0.815. The highest BCUT2D eigenvalue weighted by Gasteiger charge is 2.26. The van der Waals surface area contributed by atoms with Crippen molar-refractivity contribution in [1.82, 2.24) is 9.97 Å². The first-order chi connectivity index (χ1) is 16.3. The second kappa shape index (κ2) is 8.71. The van der Waals surface area contributed by atoms with Crippen molar-refractivity contribution < 1.29 is 14.8 Å². The van der Waals surface area contributed by atoms with Gasteiger partial charge in [-0.05, 0) is 24.0 Å². The topological polar surface area (TPSA) is 125 Å². The minimum absolute atomic E-state index is 0.440. The first kappa shape index (κ1) is 22.3. The summed E-state index contributed by atoms with van der Waals surface area (Å²) in [4.78, 5) is 24.9. The van der Waals surface area contributed by atoms with Crippen LogP contribution in [0.3, 0.4) is 0 Å². The van der Waals surface area contributed by atoms with E-state index in [-0.39, 0.29) is 0 Å². The smallest absolute Gasteiger partial charge is 0.423 e. The molecular formula is C24H24BN5O3S. The molecule has 2 aromatic carbocycles. The van der Waals surface area contributed by atoms with E-state index in [1.807, 2.05) is 32.2 Å². The van der Waals surface area contributed by atoms with Crippen molar-refractivity contribution in [2.24, 2.45) is 5.73 Å². The van der Waals surface area contributed by atoms with E-state index in [1.165, 1.54) is 11.3 Å². The number of rotatable bonds is 6. The van der Waals surface area contributed by atoms with Crippen LogP contribution in [0.1, 0.15) is 26.5 Å². The third-order valence-electron chi connectivity index (χ3n) is 6.11. The molecule has 0 radical (unpaired) electrons. The van der Waals surface area contributed by atoms with Gasteiger partial charge >= 0.3 is 7.12 Å². The standard InChI is InChI=1S/C24H24BN5O3S/c1-13-19(16-7-4-8-17(22(26)31)21(16)34-13)23-28-18-9-10-30(2)20(18)24(29-23)27-12-14-5-3-6-15(11-14)25(32)33/h3-8,11,32-33H,9-10,12H2,1-2H3,(H2,26,31)(H,27,28,29). The lowest BCUT2D eigenvalue weighted by molar-refractivity contribution is 0.100. The van der Waals surface area contributed by atoms with E-state index in [4.69, 9.17) is 15.7 Å². The van der Waals surface area contributed by atoms with E-state index in [0.29, 0.717) is 23.4 Å². The number of anilines is 2. The molecule has 0 saturated carbocycles. The molecular weight excluding hydrogens is 449 g/mol. The van der Waals surface area contributed by atoms with Gasteiger partial charge in [0, 0.05) is 47.1 Å². The molecule has 5 rings (SSSR count). The SMILES string of the molecule is Cc1sc2c(C(N)=O)cccc2c1-c1nc2c(c(NCc3cccc(B(O)O)c3)n1)N(C)CC2. The molecule has 0 saturated heterocycles. The molecule has 0 fully saturated rings. The first-order valence-corrected chi connectivity index (χ1v) is 11.8. The number of benzene rings is 2. The molecule has 0 bridgehead atoms. The number of nitrogens with two attached hydrogens (primary N) is 1. The van der Waals surface area contributed by atoms with E-state index in [0.717, 1.165) is 56.3 Å². The van der Waals surface area contributed by atoms with Gasteiger partial charge in [0.1, 0.15) is 5.69 Å². The van der Waals surface area contributed by atoms with Crippen molar-refractivity contribution in [3.63, 3.8) is 0 Å². The van der Waals surface area contributed by atoms with Crippen LogP contribution in [-0.4, -0.2) is 46.6 Å². The van der Waals surface area contributed by atoms with Crippen LogP contribution in [0.5, 0.6) is 0 Å². The molecule has 1 aliphatic heterocycles. The van der Waals surface area contributed by atoms with Gasteiger partial charge in [-0.25, -0.2) is 9.97 Å². The van der Waals surface area contributed by atoms with Crippen LogP contribution in [0.25, 0.3) is 21.5 Å². The molecule has 5 N–H and O–H groups in total. The highest BCUT2D eigenvalue weighted by Crippen LogP contribution is 2.41. The zero-order chi connectivity index (χ0) is 24.0. The Morgan fingerprint density at radius 3 is 2.79 bits per heavy atom. The molecule has 1 amide bonds. The van der Waals surface area contributed by atoms with Gasteiger partial charge in [0.25, 0.3) is 0 Å². The van der Waals surface area contributed by atoms with Crippen LogP contribution in [0.15, 0.2) is 42.5 Å². The van der Waals surface area contributed by atoms with Crippen molar-refractivity contribution in [2.75, 3.05) is 23.8 Å². The third-order valence-corrected chi connectivity index (χ3v) is 7.27. The lowest BCUT2D eigenvalue weighted by Gasteiger charge is -2.18. The summed E-state index contributed by atoms with van der Waals surface area (Å²) in [7, 11) is 0.508.